The molecule has 3 N–H and O–H groups in total. The lowest BCUT2D eigenvalue weighted by molar-refractivity contribution is -0.139. The van der Waals surface area contributed by atoms with Gasteiger partial charge in [0.25, 0.3) is 0 Å². The van der Waals surface area contributed by atoms with Crippen LogP contribution in [0, 0.1) is 5.92 Å². The van der Waals surface area contributed by atoms with Crippen molar-refractivity contribution in [1.82, 2.24) is 0 Å². The van der Waals surface area contributed by atoms with Gasteiger partial charge >= 0.3 is 5.97 Å². The first-order valence-corrected chi connectivity index (χ1v) is 4.76. The number of nitrogens with two attached hydrogens (primary N) is 1. The summed E-state index contributed by atoms with van der Waals surface area (Å²) in [6.07, 6.45) is 1.88. The summed E-state index contributed by atoms with van der Waals surface area (Å²) in [6, 6.07) is -0.943. The third kappa shape index (κ3) is 3.73. The van der Waals surface area contributed by atoms with E-state index >= 15 is 0 Å². The second-order valence-corrected chi connectivity index (χ2v) is 3.49. The van der Waals surface area contributed by atoms with Crippen LogP contribution in [0.25, 0.3) is 0 Å². The second kappa shape index (κ2) is 5.16. The molecule has 0 saturated carbocycles. The summed E-state index contributed by atoms with van der Waals surface area (Å²) < 4.78 is 0. The number of carboxylic acids is 1. The van der Waals surface area contributed by atoms with Crippen molar-refractivity contribution in [2.24, 2.45) is 11.7 Å². The van der Waals surface area contributed by atoms with Gasteiger partial charge in [-0.15, -0.1) is 0 Å². The molecular weight excluding hydrogens is 178 g/mol. The molecule has 12 heavy (non-hydrogen) atoms. The molecule has 0 aromatic heterocycles. The van der Waals surface area contributed by atoms with Gasteiger partial charge in [0.15, 0.2) is 5.12 Å². The van der Waals surface area contributed by atoms with Gasteiger partial charge in [-0.2, -0.15) is 0 Å². The smallest absolute Gasteiger partial charge is 0.320 e. The van der Waals surface area contributed by atoms with Crippen LogP contribution in [0.1, 0.15) is 13.3 Å². The molecule has 0 rings (SSSR count). The van der Waals surface area contributed by atoms with E-state index in [1.807, 2.05) is 0 Å². The maximum atomic E-state index is 10.9. The molecule has 4 nitrogen and oxygen atoms in total. The zero-order chi connectivity index (χ0) is 9.72. The highest BCUT2D eigenvalue weighted by Gasteiger charge is 2.21. The molecule has 2 atom stereocenters. The van der Waals surface area contributed by atoms with Crippen LogP contribution in [0.2, 0.25) is 0 Å². The summed E-state index contributed by atoms with van der Waals surface area (Å²) in [5.41, 5.74) is 5.30. The van der Waals surface area contributed by atoms with Crippen molar-refractivity contribution in [3.05, 3.63) is 0 Å². The Bertz CT molecular complexity index is 183. The van der Waals surface area contributed by atoms with E-state index in [4.69, 9.17) is 10.8 Å². The monoisotopic (exact) mass is 191 g/mol. The maximum absolute atomic E-state index is 10.9. The maximum Gasteiger partial charge on any atom is 0.320 e. The number of rotatable bonds is 4. The van der Waals surface area contributed by atoms with Crippen molar-refractivity contribution in [2.45, 2.75) is 19.4 Å². The molecule has 0 fully saturated rings. The Morgan fingerprint density at radius 3 is 2.42 bits per heavy atom. The van der Waals surface area contributed by atoms with Crippen molar-refractivity contribution in [3.63, 3.8) is 0 Å². The van der Waals surface area contributed by atoms with Crippen LogP contribution in [0.3, 0.4) is 0 Å². The van der Waals surface area contributed by atoms with Crippen molar-refractivity contribution < 1.29 is 14.7 Å². The summed E-state index contributed by atoms with van der Waals surface area (Å²) >= 11 is 1.09. The fourth-order valence-electron chi connectivity index (χ4n) is 0.717. The minimum atomic E-state index is -1.06. The molecule has 0 heterocycles. The van der Waals surface area contributed by atoms with Crippen LogP contribution in [0.5, 0.6) is 0 Å². The molecule has 0 aliphatic heterocycles. The molecule has 0 aliphatic rings. The molecule has 0 spiro atoms. The predicted octanol–water partition coefficient (Wildman–Crippen LogP) is 0.314. The van der Waals surface area contributed by atoms with Gasteiger partial charge in [-0.3, -0.25) is 9.59 Å². The van der Waals surface area contributed by atoms with Crippen molar-refractivity contribution in [1.29, 1.82) is 0 Å². The number of carbonyl (C=O) groups excluding carboxylic acids is 1. The van der Waals surface area contributed by atoms with E-state index in [0.717, 1.165) is 11.8 Å². The number of hydrogen-bond donors (Lipinski definition) is 2. The predicted molar refractivity (Wildman–Crippen MR) is 47.9 cm³/mol. The Labute approximate surface area is 75.5 Å². The minimum absolute atomic E-state index is 0.0285. The van der Waals surface area contributed by atoms with Crippen LogP contribution < -0.4 is 5.73 Å². The number of carboxylic acid groups (broad SMARTS) is 1. The van der Waals surface area contributed by atoms with E-state index in [1.54, 1.807) is 13.2 Å². The highest BCUT2D eigenvalue weighted by Crippen LogP contribution is 2.11. The van der Waals surface area contributed by atoms with E-state index in [0.29, 0.717) is 0 Å². The molecule has 0 amide bonds. The minimum Gasteiger partial charge on any atom is -0.480 e. The van der Waals surface area contributed by atoms with E-state index in [9.17, 15) is 9.59 Å². The molecule has 70 valence electrons. The summed E-state index contributed by atoms with van der Waals surface area (Å²) in [5, 5.41) is 8.47. The lowest BCUT2D eigenvalue weighted by Crippen LogP contribution is -2.37. The average molecular weight is 191 g/mol. The van der Waals surface area contributed by atoms with Gasteiger partial charge in [-0.05, 0) is 12.2 Å². The van der Waals surface area contributed by atoms with Gasteiger partial charge in [0.05, 0.1) is 0 Å². The zero-order valence-corrected chi connectivity index (χ0v) is 7.93. The first-order valence-electron chi connectivity index (χ1n) is 3.54. The summed E-state index contributed by atoms with van der Waals surface area (Å²) in [7, 11) is 0. The average Bonchev–Trinajstić information content (AvgIpc) is 2.02. The second-order valence-electron chi connectivity index (χ2n) is 2.62. The van der Waals surface area contributed by atoms with Gasteiger partial charge in [0, 0.05) is 6.42 Å². The lowest BCUT2D eigenvalue weighted by atomic mass is 10.0. The van der Waals surface area contributed by atoms with Gasteiger partial charge in [-0.1, -0.05) is 18.7 Å². The van der Waals surface area contributed by atoms with Crippen LogP contribution in [0.4, 0.5) is 0 Å². The summed E-state index contributed by atoms with van der Waals surface area (Å²) in [4.78, 5) is 21.2. The largest absolute Gasteiger partial charge is 0.480 e. The molecule has 0 aromatic rings. The van der Waals surface area contributed by atoms with Crippen molar-refractivity contribution >= 4 is 22.8 Å². The quantitative estimate of drug-likeness (QED) is 0.668. The fourth-order valence-corrected chi connectivity index (χ4v) is 1.15. The third-order valence-corrected chi connectivity index (χ3v) is 2.24. The Kier molecular flexibility index (Phi) is 4.92. The first-order chi connectivity index (χ1) is 5.49. The highest BCUT2D eigenvalue weighted by molar-refractivity contribution is 8.13. The SMILES string of the molecule is CSC(=O)CC(C)[C@H](N)C(=O)O. The van der Waals surface area contributed by atoms with Crippen LogP contribution in [0.15, 0.2) is 0 Å². The van der Waals surface area contributed by atoms with Gasteiger partial charge in [-0.25, -0.2) is 0 Å². The Morgan fingerprint density at radius 2 is 2.08 bits per heavy atom. The molecule has 1 unspecified atom stereocenters. The number of hydrogen-bond acceptors (Lipinski definition) is 4. The Hall–Kier alpha value is -0.550. The number of thioether (sulfide) groups is 1. The zero-order valence-electron chi connectivity index (χ0n) is 7.11. The lowest BCUT2D eigenvalue weighted by Gasteiger charge is -2.13. The molecule has 0 radical (unpaired) electrons. The van der Waals surface area contributed by atoms with E-state index in [-0.39, 0.29) is 17.5 Å². The van der Waals surface area contributed by atoms with E-state index in [2.05, 4.69) is 0 Å². The normalized spacial score (nSPS) is 15.2. The molecule has 5 heteroatoms. The van der Waals surface area contributed by atoms with Crippen LogP contribution in [-0.4, -0.2) is 28.5 Å². The Morgan fingerprint density at radius 1 is 1.58 bits per heavy atom. The molecule has 0 bridgehead atoms. The molecule has 0 aromatic carbocycles. The topological polar surface area (TPSA) is 80.4 Å². The van der Waals surface area contributed by atoms with E-state index in [1.165, 1.54) is 0 Å². The standard InChI is InChI=1S/C7H13NO3S/c1-4(3-5(9)12-2)6(8)7(10)11/h4,6H,3,8H2,1-2H3,(H,10,11)/t4?,6-/m0/s1. The van der Waals surface area contributed by atoms with E-state index < -0.39 is 12.0 Å². The van der Waals surface area contributed by atoms with Crippen molar-refractivity contribution in [2.75, 3.05) is 6.26 Å². The first kappa shape index (κ1) is 11.4. The molecule has 0 aliphatic carbocycles. The van der Waals surface area contributed by atoms with Gasteiger partial charge in [0.2, 0.25) is 0 Å². The molecular formula is C7H13NO3S. The van der Waals surface area contributed by atoms with Gasteiger partial charge in [0.1, 0.15) is 6.04 Å². The Balaban J connectivity index is 3.94. The number of aliphatic carboxylic acids is 1. The fraction of sp³-hybridized carbons (Fsp3) is 0.714. The summed E-state index contributed by atoms with van der Waals surface area (Å²) in [5.74, 6) is -1.36. The van der Waals surface area contributed by atoms with Gasteiger partial charge < -0.3 is 10.8 Å². The van der Waals surface area contributed by atoms with Crippen LogP contribution >= 0.6 is 11.8 Å². The summed E-state index contributed by atoms with van der Waals surface area (Å²) in [6.45, 7) is 1.66. The van der Waals surface area contributed by atoms with Crippen LogP contribution in [-0.2, 0) is 9.59 Å². The third-order valence-electron chi connectivity index (χ3n) is 1.61. The molecule has 0 saturated heterocycles. The van der Waals surface area contributed by atoms with Crippen molar-refractivity contribution in [3.8, 4) is 0 Å². The number of carbonyl (C=O) groups is 2. The highest BCUT2D eigenvalue weighted by atomic mass is 32.2.